The zero-order valence-electron chi connectivity index (χ0n) is 36.2. The molecular weight excluding hydrogens is 767 g/mol. The van der Waals surface area contributed by atoms with Gasteiger partial charge in [0.2, 0.25) is 11.8 Å². The second-order valence-corrected chi connectivity index (χ2v) is 17.0. The maximum absolute atomic E-state index is 13.9. The molecule has 0 spiro atoms. The number of benzene rings is 4. The number of para-hydroxylation sites is 2. The minimum atomic E-state index is -0.736. The summed E-state index contributed by atoms with van der Waals surface area (Å²) in [6, 6.07) is 30.7. The Bertz CT molecular complexity index is 2370. The number of rotatable bonds is 11. The van der Waals surface area contributed by atoms with Gasteiger partial charge in [0.1, 0.15) is 5.60 Å². The van der Waals surface area contributed by atoms with Crippen LogP contribution in [0.4, 0.5) is 27.5 Å². The average Bonchev–Trinajstić information content (AvgIpc) is 3.72. The van der Waals surface area contributed by atoms with Gasteiger partial charge in [0.05, 0.1) is 24.8 Å². The summed E-state index contributed by atoms with van der Waals surface area (Å²) in [5.74, 6) is -0.0733. The van der Waals surface area contributed by atoms with E-state index in [1.165, 1.54) is 0 Å². The third-order valence-corrected chi connectivity index (χ3v) is 11.4. The molecule has 3 heterocycles. The molecule has 2 aliphatic heterocycles. The molecule has 5 aromatic rings. The van der Waals surface area contributed by atoms with Crippen LogP contribution in [0.1, 0.15) is 108 Å². The van der Waals surface area contributed by atoms with Gasteiger partial charge >= 0.3 is 6.09 Å². The number of hydrogen-bond donors (Lipinski definition) is 2. The van der Waals surface area contributed by atoms with Gasteiger partial charge in [0, 0.05) is 71.5 Å². The van der Waals surface area contributed by atoms with Gasteiger partial charge in [-0.3, -0.25) is 24.0 Å². The van der Waals surface area contributed by atoms with Crippen molar-refractivity contribution in [3.05, 3.63) is 126 Å². The zero-order chi connectivity index (χ0) is 43.4. The molecule has 4 amide bonds. The molecule has 2 N–H and O–H groups in total. The van der Waals surface area contributed by atoms with Gasteiger partial charge in [0.15, 0.2) is 0 Å². The van der Waals surface area contributed by atoms with E-state index in [9.17, 15) is 19.2 Å². The standard InChI is InChI=1S/C49H57N7O5/c1-8-45(57)54-32(3)28-41(39-14-10-12-16-42(39)54)52-37-22-18-34(19-23-37)36-30-51-53(31-36)27-26-50-47(59)35-20-24-38(25-21-35)56(48(60)61-49(5,6)7)44-29-33(4)55(46(58)9-2)43-17-13-11-15-40(43)44/h10-25,30-33,41,44,52H,8-9,26-29H2,1-7H3,(H,50,59)/t32-,33-,41+,44+/m0/s1. The molecule has 4 aromatic carbocycles. The summed E-state index contributed by atoms with van der Waals surface area (Å²) >= 11 is 0. The van der Waals surface area contributed by atoms with E-state index < -0.39 is 17.7 Å². The second kappa shape index (κ2) is 18.0. The summed E-state index contributed by atoms with van der Waals surface area (Å²) in [6.45, 7) is 14.2. The van der Waals surface area contributed by atoms with Crippen molar-refractivity contribution in [3.8, 4) is 11.1 Å². The lowest BCUT2D eigenvalue weighted by Crippen LogP contribution is -2.48. The maximum atomic E-state index is 13.9. The lowest BCUT2D eigenvalue weighted by molar-refractivity contribution is -0.119. The van der Waals surface area contributed by atoms with Crippen LogP contribution in [0.2, 0.25) is 0 Å². The van der Waals surface area contributed by atoms with Gasteiger partial charge in [-0.2, -0.15) is 5.10 Å². The van der Waals surface area contributed by atoms with Crippen molar-refractivity contribution in [3.63, 3.8) is 0 Å². The Morgan fingerprint density at radius 3 is 1.97 bits per heavy atom. The number of carbonyl (C=O) groups excluding carboxylic acids is 4. The fourth-order valence-electron chi connectivity index (χ4n) is 8.55. The van der Waals surface area contributed by atoms with Crippen LogP contribution in [0.15, 0.2) is 109 Å². The molecular formula is C49H57N7O5. The Morgan fingerprint density at radius 2 is 1.34 bits per heavy atom. The van der Waals surface area contributed by atoms with Crippen molar-refractivity contribution in [2.75, 3.05) is 26.6 Å². The summed E-state index contributed by atoms with van der Waals surface area (Å²) < 4.78 is 7.73. The molecule has 7 rings (SSSR count). The van der Waals surface area contributed by atoms with Gasteiger partial charge in [0.25, 0.3) is 5.91 Å². The Hall–Kier alpha value is -6.43. The van der Waals surface area contributed by atoms with E-state index in [2.05, 4.69) is 53.0 Å². The van der Waals surface area contributed by atoms with Gasteiger partial charge in [-0.25, -0.2) is 4.79 Å². The smallest absolute Gasteiger partial charge is 0.415 e. The summed E-state index contributed by atoms with van der Waals surface area (Å²) in [5.41, 5.74) is 7.04. The van der Waals surface area contributed by atoms with Crippen LogP contribution in [0.5, 0.6) is 0 Å². The van der Waals surface area contributed by atoms with E-state index >= 15 is 0 Å². The molecule has 2 aliphatic rings. The molecule has 0 fully saturated rings. The normalized spacial score (nSPS) is 18.4. The first-order chi connectivity index (χ1) is 29.3. The van der Waals surface area contributed by atoms with E-state index in [1.54, 1.807) is 29.2 Å². The highest BCUT2D eigenvalue weighted by molar-refractivity contribution is 5.98. The fraction of sp³-hybridized carbons (Fsp3) is 0.367. The number of ether oxygens (including phenoxy) is 1. The largest absolute Gasteiger partial charge is 0.443 e. The predicted octanol–water partition coefficient (Wildman–Crippen LogP) is 9.69. The van der Waals surface area contributed by atoms with Crippen molar-refractivity contribution in [1.29, 1.82) is 0 Å². The molecule has 0 radical (unpaired) electrons. The lowest BCUT2D eigenvalue weighted by Gasteiger charge is -2.43. The molecule has 4 atom stereocenters. The first-order valence-corrected chi connectivity index (χ1v) is 21.4. The summed E-state index contributed by atoms with van der Waals surface area (Å²) in [5, 5.41) is 11.2. The van der Waals surface area contributed by atoms with Gasteiger partial charge in [-0.15, -0.1) is 0 Å². The maximum Gasteiger partial charge on any atom is 0.415 e. The van der Waals surface area contributed by atoms with E-state index in [4.69, 9.17) is 4.74 Å². The Morgan fingerprint density at radius 1 is 0.754 bits per heavy atom. The minimum Gasteiger partial charge on any atom is -0.443 e. The highest BCUT2D eigenvalue weighted by atomic mass is 16.6. The van der Waals surface area contributed by atoms with Crippen LogP contribution in [0.25, 0.3) is 11.1 Å². The third kappa shape index (κ3) is 9.33. The molecule has 0 unspecified atom stereocenters. The van der Waals surface area contributed by atoms with Crippen molar-refractivity contribution in [1.82, 2.24) is 15.1 Å². The van der Waals surface area contributed by atoms with Gasteiger partial charge in [-0.05, 0) is 113 Å². The number of nitrogens with zero attached hydrogens (tertiary/aromatic N) is 5. The first-order valence-electron chi connectivity index (χ1n) is 21.4. The van der Waals surface area contributed by atoms with Crippen LogP contribution in [0, 0.1) is 0 Å². The molecule has 318 valence electrons. The highest BCUT2D eigenvalue weighted by Gasteiger charge is 2.40. The van der Waals surface area contributed by atoms with E-state index in [-0.39, 0.29) is 35.8 Å². The van der Waals surface area contributed by atoms with Crippen LogP contribution in [-0.4, -0.2) is 57.8 Å². The monoisotopic (exact) mass is 823 g/mol. The van der Waals surface area contributed by atoms with Crippen LogP contribution >= 0.6 is 0 Å². The van der Waals surface area contributed by atoms with Crippen LogP contribution in [0.3, 0.4) is 0 Å². The zero-order valence-corrected chi connectivity index (χ0v) is 36.2. The number of amides is 4. The molecule has 0 bridgehead atoms. The molecule has 12 heteroatoms. The number of nitrogens with one attached hydrogen (secondary N) is 2. The van der Waals surface area contributed by atoms with Gasteiger partial charge < -0.3 is 25.2 Å². The SMILES string of the molecule is CCC(=O)N1c2ccccc2[C@H](N(C(=O)OC(C)(C)C)c2ccc(C(=O)NCCn3cc(-c4ccc(N[C@@H]5C[C@H](C)N(C(=O)CC)c6ccccc65)cc4)cn3)cc2)C[C@@H]1C. The molecule has 0 saturated carbocycles. The first kappa shape index (κ1) is 42.7. The average molecular weight is 824 g/mol. The number of fused-ring (bicyclic) bond motifs is 2. The highest BCUT2D eigenvalue weighted by Crippen LogP contribution is 2.43. The van der Waals surface area contributed by atoms with Crippen molar-refractivity contribution in [2.24, 2.45) is 0 Å². The number of aromatic nitrogens is 2. The molecule has 1 aromatic heterocycles. The third-order valence-electron chi connectivity index (χ3n) is 11.4. The Labute approximate surface area is 358 Å². The predicted molar refractivity (Wildman–Crippen MR) is 241 cm³/mol. The van der Waals surface area contributed by atoms with Crippen LogP contribution < -0.4 is 25.3 Å². The minimum absolute atomic E-state index is 0.0292. The summed E-state index contributed by atoms with van der Waals surface area (Å²) in [7, 11) is 0. The number of hydrogen-bond acceptors (Lipinski definition) is 7. The van der Waals surface area contributed by atoms with E-state index in [0.717, 1.165) is 45.7 Å². The number of carbonyl (C=O) groups is 4. The van der Waals surface area contributed by atoms with Crippen LogP contribution in [-0.2, 0) is 20.9 Å². The Balaban J connectivity index is 0.979. The number of anilines is 4. The summed E-state index contributed by atoms with van der Waals surface area (Å²) in [4.78, 5) is 58.4. The lowest BCUT2D eigenvalue weighted by atomic mass is 9.90. The molecule has 0 saturated heterocycles. The van der Waals surface area contributed by atoms with Crippen molar-refractivity contribution in [2.45, 2.75) is 110 Å². The topological polar surface area (TPSA) is 129 Å². The fourth-order valence-corrected chi connectivity index (χ4v) is 8.55. The van der Waals surface area contributed by atoms with Crippen molar-refractivity contribution >= 4 is 46.6 Å². The summed E-state index contributed by atoms with van der Waals surface area (Å²) in [6.07, 6.45) is 5.46. The molecule has 0 aliphatic carbocycles. The van der Waals surface area contributed by atoms with E-state index in [1.807, 2.05) is 111 Å². The Kier molecular flexibility index (Phi) is 12.6. The quantitative estimate of drug-likeness (QED) is 0.136. The molecule has 12 nitrogen and oxygen atoms in total. The second-order valence-electron chi connectivity index (χ2n) is 17.0. The van der Waals surface area contributed by atoms with Gasteiger partial charge in [-0.1, -0.05) is 62.4 Å². The molecule has 61 heavy (non-hydrogen) atoms. The van der Waals surface area contributed by atoms with E-state index in [0.29, 0.717) is 43.6 Å². The van der Waals surface area contributed by atoms with Crippen molar-refractivity contribution < 1.29 is 23.9 Å².